The normalized spacial score (nSPS) is 11.8. The third-order valence-electron chi connectivity index (χ3n) is 4.16. The van der Waals surface area contributed by atoms with Gasteiger partial charge in [0.2, 0.25) is 5.91 Å². The number of carbonyl (C=O) groups is 1. The summed E-state index contributed by atoms with van der Waals surface area (Å²) in [5.74, 6) is 0.689. The Kier molecular flexibility index (Phi) is 5.31. The molecule has 5 nitrogen and oxygen atoms in total. The number of nitrogens with zero attached hydrogens (tertiary/aromatic N) is 2. The predicted molar refractivity (Wildman–Crippen MR) is 96.3 cm³/mol. The van der Waals surface area contributed by atoms with Crippen molar-refractivity contribution >= 4 is 5.91 Å². The first-order valence-electron chi connectivity index (χ1n) is 8.22. The number of carbonyl (C=O) groups excluding carboxylic acids is 1. The minimum atomic E-state index is -0.468. The Morgan fingerprint density at radius 3 is 2.77 bits per heavy atom. The number of hydrogen-bond donors (Lipinski definition) is 1. The molecule has 1 N–H and O–H groups in total. The molecule has 1 amide bonds. The van der Waals surface area contributed by atoms with Crippen LogP contribution in [0, 0.1) is 5.82 Å². The summed E-state index contributed by atoms with van der Waals surface area (Å²) in [7, 11) is 3.45. The van der Waals surface area contributed by atoms with Gasteiger partial charge in [0.1, 0.15) is 23.4 Å². The van der Waals surface area contributed by atoms with Gasteiger partial charge in [-0.05, 0) is 29.3 Å². The van der Waals surface area contributed by atoms with Crippen LogP contribution in [0.4, 0.5) is 4.39 Å². The van der Waals surface area contributed by atoms with E-state index in [4.69, 9.17) is 4.74 Å². The van der Waals surface area contributed by atoms with Gasteiger partial charge in [-0.15, -0.1) is 0 Å². The molecule has 1 heterocycles. The van der Waals surface area contributed by atoms with Gasteiger partial charge >= 0.3 is 0 Å². The van der Waals surface area contributed by atoms with Crippen LogP contribution in [0.3, 0.4) is 0 Å². The molecule has 0 fully saturated rings. The molecule has 1 atom stereocenters. The molecule has 0 spiro atoms. The average molecular weight is 353 g/mol. The van der Waals surface area contributed by atoms with E-state index in [0.29, 0.717) is 17.1 Å². The summed E-state index contributed by atoms with van der Waals surface area (Å²) in [5, 5.41) is 2.96. The fourth-order valence-electron chi connectivity index (χ4n) is 2.80. The van der Waals surface area contributed by atoms with Crippen molar-refractivity contribution in [2.45, 2.75) is 12.5 Å². The zero-order valence-corrected chi connectivity index (χ0v) is 14.6. The highest BCUT2D eigenvalue weighted by atomic mass is 19.1. The van der Waals surface area contributed by atoms with E-state index in [9.17, 15) is 9.18 Å². The smallest absolute Gasteiger partial charge is 0.225 e. The summed E-state index contributed by atoms with van der Waals surface area (Å²) in [4.78, 5) is 16.9. The van der Waals surface area contributed by atoms with Crippen LogP contribution in [-0.2, 0) is 18.3 Å². The van der Waals surface area contributed by atoms with Gasteiger partial charge < -0.3 is 14.6 Å². The molecule has 0 saturated carbocycles. The molecular weight excluding hydrogens is 333 g/mol. The van der Waals surface area contributed by atoms with E-state index in [1.54, 1.807) is 31.5 Å². The van der Waals surface area contributed by atoms with Crippen molar-refractivity contribution < 1.29 is 13.9 Å². The monoisotopic (exact) mass is 353 g/mol. The molecule has 0 radical (unpaired) electrons. The lowest BCUT2D eigenvalue weighted by Crippen LogP contribution is -2.32. The third-order valence-corrected chi connectivity index (χ3v) is 4.16. The molecule has 134 valence electrons. The number of hydrogen-bond acceptors (Lipinski definition) is 3. The third kappa shape index (κ3) is 3.91. The number of ether oxygens (including phenoxy) is 1. The maximum Gasteiger partial charge on any atom is 0.225 e. The molecule has 6 heteroatoms. The Hall–Kier alpha value is -3.15. The Morgan fingerprint density at radius 1 is 1.27 bits per heavy atom. The number of halogens is 1. The van der Waals surface area contributed by atoms with E-state index >= 15 is 0 Å². The van der Waals surface area contributed by atoms with Gasteiger partial charge in [-0.1, -0.05) is 30.3 Å². The first kappa shape index (κ1) is 17.7. The highest BCUT2D eigenvalue weighted by Crippen LogP contribution is 2.24. The number of benzene rings is 2. The Morgan fingerprint density at radius 2 is 2.08 bits per heavy atom. The molecule has 0 saturated heterocycles. The molecule has 1 aromatic heterocycles. The van der Waals surface area contributed by atoms with Gasteiger partial charge in [0, 0.05) is 19.4 Å². The van der Waals surface area contributed by atoms with Crippen molar-refractivity contribution in [2.24, 2.45) is 7.05 Å². The minimum Gasteiger partial charge on any atom is -0.497 e. The second kappa shape index (κ2) is 7.82. The first-order chi connectivity index (χ1) is 12.6. The average Bonchev–Trinajstić information content (AvgIpc) is 3.07. The summed E-state index contributed by atoms with van der Waals surface area (Å²) in [6.07, 6.45) is 3.44. The standard InChI is InChI=1S/C20H20FN3O2/c1-24-11-10-22-20(24)19(15-7-5-8-16(12-15)26-2)23-18(25)13-14-6-3-4-9-17(14)21/h3-12,19H,13H2,1-2H3,(H,23,25)/t19-/m0/s1. The maximum atomic E-state index is 13.8. The molecular formula is C20H20FN3O2. The molecule has 0 aliphatic carbocycles. The lowest BCUT2D eigenvalue weighted by molar-refractivity contribution is -0.121. The van der Waals surface area contributed by atoms with Crippen LogP contribution in [0.5, 0.6) is 5.75 Å². The van der Waals surface area contributed by atoms with Crippen molar-refractivity contribution in [3.05, 3.63) is 83.7 Å². The van der Waals surface area contributed by atoms with Gasteiger partial charge in [-0.3, -0.25) is 4.79 Å². The van der Waals surface area contributed by atoms with E-state index < -0.39 is 11.9 Å². The molecule has 0 unspecified atom stereocenters. The first-order valence-corrected chi connectivity index (χ1v) is 8.22. The van der Waals surface area contributed by atoms with E-state index in [2.05, 4.69) is 10.3 Å². The van der Waals surface area contributed by atoms with E-state index in [1.807, 2.05) is 42.1 Å². The number of aromatic nitrogens is 2. The Labute approximate surface area is 151 Å². The van der Waals surface area contributed by atoms with Crippen molar-refractivity contribution in [3.8, 4) is 5.75 Å². The molecule has 26 heavy (non-hydrogen) atoms. The fourth-order valence-corrected chi connectivity index (χ4v) is 2.80. The molecule has 2 aromatic carbocycles. The van der Waals surface area contributed by atoms with Gasteiger partial charge in [-0.2, -0.15) is 0 Å². The lowest BCUT2D eigenvalue weighted by atomic mass is 10.0. The van der Waals surface area contributed by atoms with E-state index in [-0.39, 0.29) is 12.3 Å². The number of methoxy groups -OCH3 is 1. The minimum absolute atomic E-state index is 0.0441. The van der Waals surface area contributed by atoms with Crippen LogP contribution >= 0.6 is 0 Å². The topological polar surface area (TPSA) is 56.1 Å². The largest absolute Gasteiger partial charge is 0.497 e. The van der Waals surface area contributed by atoms with E-state index in [0.717, 1.165) is 5.56 Å². The molecule has 0 aliphatic rings. The quantitative estimate of drug-likeness (QED) is 0.741. The molecule has 3 aromatic rings. The van der Waals surface area contributed by atoms with Crippen molar-refractivity contribution in [3.63, 3.8) is 0 Å². The summed E-state index contributed by atoms with van der Waals surface area (Å²) < 4.78 is 21.0. The van der Waals surface area contributed by atoms with Crippen molar-refractivity contribution in [2.75, 3.05) is 7.11 Å². The summed E-state index contributed by atoms with van der Waals surface area (Å²) in [6, 6.07) is 13.2. The zero-order chi connectivity index (χ0) is 18.5. The second-order valence-electron chi connectivity index (χ2n) is 5.94. The highest BCUT2D eigenvalue weighted by Gasteiger charge is 2.21. The number of amides is 1. The SMILES string of the molecule is COc1cccc([C@H](NC(=O)Cc2ccccc2F)c2nccn2C)c1. The van der Waals surface area contributed by atoms with Crippen molar-refractivity contribution in [1.29, 1.82) is 0 Å². The molecule has 3 rings (SSSR count). The molecule has 0 bridgehead atoms. The zero-order valence-electron chi connectivity index (χ0n) is 14.6. The van der Waals surface area contributed by atoms with Gasteiger partial charge in [0.05, 0.1) is 13.5 Å². The maximum absolute atomic E-state index is 13.8. The lowest BCUT2D eigenvalue weighted by Gasteiger charge is -2.20. The molecule has 0 aliphatic heterocycles. The van der Waals surface area contributed by atoms with Crippen LogP contribution in [0.1, 0.15) is 23.0 Å². The van der Waals surface area contributed by atoms with Crippen LogP contribution in [0.2, 0.25) is 0 Å². The van der Waals surface area contributed by atoms with Crippen LogP contribution in [-0.4, -0.2) is 22.6 Å². The fraction of sp³-hybridized carbons (Fsp3) is 0.200. The van der Waals surface area contributed by atoms with Gasteiger partial charge in [0.15, 0.2) is 0 Å². The van der Waals surface area contributed by atoms with Gasteiger partial charge in [-0.25, -0.2) is 9.37 Å². The predicted octanol–water partition coefficient (Wildman–Crippen LogP) is 3.02. The highest BCUT2D eigenvalue weighted by molar-refractivity contribution is 5.79. The van der Waals surface area contributed by atoms with Crippen LogP contribution < -0.4 is 10.1 Å². The number of aryl methyl sites for hydroxylation is 1. The second-order valence-corrected chi connectivity index (χ2v) is 5.94. The number of rotatable bonds is 6. The number of imidazole rings is 1. The summed E-state index contributed by atoms with van der Waals surface area (Å²) >= 11 is 0. The van der Waals surface area contributed by atoms with Gasteiger partial charge in [0.25, 0.3) is 0 Å². The van der Waals surface area contributed by atoms with Crippen molar-refractivity contribution in [1.82, 2.24) is 14.9 Å². The van der Waals surface area contributed by atoms with Crippen LogP contribution in [0.25, 0.3) is 0 Å². The van der Waals surface area contributed by atoms with E-state index in [1.165, 1.54) is 6.07 Å². The summed E-state index contributed by atoms with van der Waals surface area (Å²) in [6.45, 7) is 0. The number of nitrogens with one attached hydrogen (secondary N) is 1. The Bertz CT molecular complexity index is 907. The summed E-state index contributed by atoms with van der Waals surface area (Å²) in [5.41, 5.74) is 1.19. The van der Waals surface area contributed by atoms with Crippen LogP contribution in [0.15, 0.2) is 60.9 Å². The Balaban J connectivity index is 1.88.